The van der Waals surface area contributed by atoms with Crippen molar-refractivity contribution < 1.29 is 27.3 Å². The van der Waals surface area contributed by atoms with Gasteiger partial charge in [0.15, 0.2) is 0 Å². The number of nitro groups is 1. The standard InChI is InChI=1S/C20H15F4N3O3/c1-11-9-14(19(28)25-13-7-8-16(21)18(10-13)27(29)30)12(2)26(11)17-6-4-3-5-15(17)20(22,23)24/h3-10H,1-2H3,(H,25,28). The van der Waals surface area contributed by atoms with Gasteiger partial charge in [-0.15, -0.1) is 0 Å². The van der Waals surface area contributed by atoms with E-state index in [1.54, 1.807) is 6.92 Å². The van der Waals surface area contributed by atoms with Crippen molar-refractivity contribution in [2.24, 2.45) is 0 Å². The van der Waals surface area contributed by atoms with Gasteiger partial charge in [-0.1, -0.05) is 12.1 Å². The van der Waals surface area contributed by atoms with Gasteiger partial charge in [0.1, 0.15) is 0 Å². The summed E-state index contributed by atoms with van der Waals surface area (Å²) in [6.45, 7) is 3.04. The maximum absolute atomic E-state index is 13.5. The predicted octanol–water partition coefficient (Wildman–Crippen LogP) is 5.41. The number of nitrogens with one attached hydrogen (secondary N) is 1. The Labute approximate surface area is 167 Å². The van der Waals surface area contributed by atoms with Crippen LogP contribution in [0.15, 0.2) is 48.5 Å². The average molecular weight is 421 g/mol. The van der Waals surface area contributed by atoms with Crippen molar-refractivity contribution in [3.8, 4) is 5.69 Å². The molecule has 0 bridgehead atoms. The van der Waals surface area contributed by atoms with Crippen molar-refractivity contribution >= 4 is 17.3 Å². The number of rotatable bonds is 4. The molecule has 3 rings (SSSR count). The highest BCUT2D eigenvalue weighted by Crippen LogP contribution is 2.35. The van der Waals surface area contributed by atoms with Crippen LogP contribution in [0.4, 0.5) is 28.9 Å². The van der Waals surface area contributed by atoms with Crippen molar-refractivity contribution in [1.82, 2.24) is 4.57 Å². The molecule has 156 valence electrons. The Kier molecular flexibility index (Phi) is 5.34. The molecule has 10 heteroatoms. The quantitative estimate of drug-likeness (QED) is 0.348. The molecule has 6 nitrogen and oxygen atoms in total. The Morgan fingerprint density at radius 1 is 1.10 bits per heavy atom. The van der Waals surface area contributed by atoms with Crippen LogP contribution in [-0.4, -0.2) is 15.4 Å². The normalized spacial score (nSPS) is 11.4. The van der Waals surface area contributed by atoms with E-state index in [1.807, 2.05) is 0 Å². The molecule has 0 saturated heterocycles. The maximum atomic E-state index is 13.5. The zero-order valence-corrected chi connectivity index (χ0v) is 15.7. The van der Waals surface area contributed by atoms with E-state index in [2.05, 4.69) is 5.32 Å². The molecule has 0 radical (unpaired) electrons. The van der Waals surface area contributed by atoms with Gasteiger partial charge < -0.3 is 9.88 Å². The summed E-state index contributed by atoms with van der Waals surface area (Å²) in [6.07, 6.45) is -4.59. The zero-order chi connectivity index (χ0) is 22.2. The van der Waals surface area contributed by atoms with Gasteiger partial charge in [-0.3, -0.25) is 14.9 Å². The molecule has 0 fully saturated rings. The molecule has 0 aliphatic carbocycles. The number of para-hydroxylation sites is 1. The number of nitro benzene ring substituents is 1. The number of anilines is 1. The van der Waals surface area contributed by atoms with Crippen LogP contribution in [0.2, 0.25) is 0 Å². The zero-order valence-electron chi connectivity index (χ0n) is 15.7. The first-order valence-electron chi connectivity index (χ1n) is 8.61. The summed E-state index contributed by atoms with van der Waals surface area (Å²) in [5.41, 5.74) is -1.09. The number of alkyl halides is 3. The molecule has 1 N–H and O–H groups in total. The van der Waals surface area contributed by atoms with Crippen LogP contribution in [0.5, 0.6) is 0 Å². The van der Waals surface area contributed by atoms with Gasteiger partial charge in [-0.2, -0.15) is 17.6 Å². The highest BCUT2D eigenvalue weighted by Gasteiger charge is 2.34. The van der Waals surface area contributed by atoms with Crippen LogP contribution in [-0.2, 0) is 6.18 Å². The largest absolute Gasteiger partial charge is 0.418 e. The second kappa shape index (κ2) is 7.62. The number of carbonyl (C=O) groups excluding carboxylic acids is 1. The SMILES string of the molecule is Cc1cc(C(=O)Nc2ccc(F)c([N+](=O)[O-])c2)c(C)n1-c1ccccc1C(F)(F)F. The molecule has 0 atom stereocenters. The van der Waals surface area contributed by atoms with Gasteiger partial charge in [0.2, 0.25) is 5.82 Å². The summed E-state index contributed by atoms with van der Waals surface area (Å²) in [7, 11) is 0. The van der Waals surface area contributed by atoms with Crippen LogP contribution in [0.1, 0.15) is 27.3 Å². The predicted molar refractivity (Wildman–Crippen MR) is 101 cm³/mol. The second-order valence-electron chi connectivity index (χ2n) is 6.51. The molecule has 3 aromatic rings. The molecular weight excluding hydrogens is 406 g/mol. The minimum absolute atomic E-state index is 0.0198. The van der Waals surface area contributed by atoms with E-state index < -0.39 is 34.1 Å². The number of benzene rings is 2. The van der Waals surface area contributed by atoms with Crippen molar-refractivity contribution in [2.75, 3.05) is 5.32 Å². The summed E-state index contributed by atoms with van der Waals surface area (Å²) in [5, 5.41) is 13.3. The number of amides is 1. The van der Waals surface area contributed by atoms with Gasteiger partial charge in [0.05, 0.1) is 21.7 Å². The Morgan fingerprint density at radius 2 is 1.77 bits per heavy atom. The number of aromatic nitrogens is 1. The molecule has 1 aromatic heterocycles. The first-order valence-corrected chi connectivity index (χ1v) is 8.61. The maximum Gasteiger partial charge on any atom is 0.418 e. The molecule has 30 heavy (non-hydrogen) atoms. The molecule has 0 saturated carbocycles. The fraction of sp³-hybridized carbons (Fsp3) is 0.150. The Balaban J connectivity index is 2.00. The first-order chi connectivity index (χ1) is 14.0. The average Bonchev–Trinajstić information content (AvgIpc) is 2.96. The summed E-state index contributed by atoms with van der Waals surface area (Å²) in [5.74, 6) is -1.75. The van der Waals surface area contributed by atoms with Crippen LogP contribution in [0, 0.1) is 29.8 Å². The number of aryl methyl sites for hydroxylation is 1. The molecule has 1 heterocycles. The lowest BCUT2D eigenvalue weighted by Gasteiger charge is -2.16. The van der Waals surface area contributed by atoms with Crippen molar-refractivity contribution in [2.45, 2.75) is 20.0 Å². The number of hydrogen-bond donors (Lipinski definition) is 1. The third-order valence-corrected chi connectivity index (χ3v) is 4.53. The van der Waals surface area contributed by atoms with Crippen molar-refractivity contribution in [3.05, 3.63) is 87.0 Å². The van der Waals surface area contributed by atoms with Gasteiger partial charge >= 0.3 is 11.9 Å². The number of nitrogens with zero attached hydrogens (tertiary/aromatic N) is 2. The van der Waals surface area contributed by atoms with E-state index in [1.165, 1.54) is 35.8 Å². The lowest BCUT2D eigenvalue weighted by Crippen LogP contribution is -2.15. The van der Waals surface area contributed by atoms with E-state index in [0.29, 0.717) is 5.69 Å². The summed E-state index contributed by atoms with van der Waals surface area (Å²) < 4.78 is 55.0. The fourth-order valence-corrected chi connectivity index (χ4v) is 3.20. The number of halogens is 4. The Morgan fingerprint density at radius 3 is 2.40 bits per heavy atom. The topological polar surface area (TPSA) is 77.2 Å². The van der Waals surface area contributed by atoms with Crippen LogP contribution >= 0.6 is 0 Å². The molecule has 2 aromatic carbocycles. The van der Waals surface area contributed by atoms with Crippen LogP contribution in [0.3, 0.4) is 0 Å². The number of hydrogen-bond acceptors (Lipinski definition) is 3. The molecule has 0 aliphatic rings. The van der Waals surface area contributed by atoms with E-state index in [4.69, 9.17) is 0 Å². The lowest BCUT2D eigenvalue weighted by atomic mass is 10.1. The molecule has 0 spiro atoms. The third-order valence-electron chi connectivity index (χ3n) is 4.53. The molecule has 0 unspecified atom stereocenters. The summed E-state index contributed by atoms with van der Waals surface area (Å²) in [6, 6.07) is 9.26. The van der Waals surface area contributed by atoms with Crippen LogP contribution in [0.25, 0.3) is 5.69 Å². The minimum Gasteiger partial charge on any atom is -0.322 e. The Bertz CT molecular complexity index is 1150. The van der Waals surface area contributed by atoms with Gasteiger partial charge in [0, 0.05) is 23.1 Å². The fourth-order valence-electron chi connectivity index (χ4n) is 3.20. The van der Waals surface area contributed by atoms with Crippen molar-refractivity contribution in [1.29, 1.82) is 0 Å². The monoisotopic (exact) mass is 421 g/mol. The van der Waals surface area contributed by atoms with E-state index in [0.717, 1.165) is 24.3 Å². The van der Waals surface area contributed by atoms with Gasteiger partial charge in [-0.25, -0.2) is 0 Å². The lowest BCUT2D eigenvalue weighted by molar-refractivity contribution is -0.387. The highest BCUT2D eigenvalue weighted by atomic mass is 19.4. The highest BCUT2D eigenvalue weighted by molar-refractivity contribution is 6.05. The van der Waals surface area contributed by atoms with Crippen LogP contribution < -0.4 is 5.32 Å². The van der Waals surface area contributed by atoms with E-state index >= 15 is 0 Å². The number of carbonyl (C=O) groups is 1. The van der Waals surface area contributed by atoms with Gasteiger partial charge in [0.25, 0.3) is 5.91 Å². The van der Waals surface area contributed by atoms with Crippen molar-refractivity contribution in [3.63, 3.8) is 0 Å². The first kappa shape index (κ1) is 21.0. The Hall–Kier alpha value is -3.69. The molecular formula is C20H15F4N3O3. The minimum atomic E-state index is -4.59. The van der Waals surface area contributed by atoms with Gasteiger partial charge in [-0.05, 0) is 44.2 Å². The summed E-state index contributed by atoms with van der Waals surface area (Å²) in [4.78, 5) is 22.6. The summed E-state index contributed by atoms with van der Waals surface area (Å²) >= 11 is 0. The van der Waals surface area contributed by atoms with E-state index in [9.17, 15) is 32.5 Å². The molecule has 0 aliphatic heterocycles. The van der Waals surface area contributed by atoms with E-state index in [-0.39, 0.29) is 22.6 Å². The smallest absolute Gasteiger partial charge is 0.322 e. The second-order valence-corrected chi connectivity index (χ2v) is 6.51. The third kappa shape index (κ3) is 3.88. The molecule has 1 amide bonds.